The molecule has 0 amide bonds. The van der Waals surface area contributed by atoms with E-state index in [-0.39, 0.29) is 0 Å². The first-order valence-electron chi connectivity index (χ1n) is 6.74. The molecule has 19 heavy (non-hydrogen) atoms. The van der Waals surface area contributed by atoms with Crippen molar-refractivity contribution < 1.29 is 0 Å². The Labute approximate surface area is 114 Å². The Hall–Kier alpha value is -1.81. The molecule has 102 valence electrons. The maximum Gasteiger partial charge on any atom is 0.135 e. The quantitative estimate of drug-likeness (QED) is 0.893. The maximum absolute atomic E-state index is 5.73. The summed E-state index contributed by atoms with van der Waals surface area (Å²) in [5.41, 5.74) is 9.13. The van der Waals surface area contributed by atoms with E-state index in [0.717, 1.165) is 30.2 Å². The largest absolute Gasteiger partial charge is 0.360 e. The summed E-state index contributed by atoms with van der Waals surface area (Å²) in [5.74, 6) is 1.15. The molecule has 4 nitrogen and oxygen atoms in total. The van der Waals surface area contributed by atoms with E-state index in [0.29, 0.717) is 6.54 Å². The van der Waals surface area contributed by atoms with Crippen LogP contribution in [-0.2, 0) is 6.42 Å². The van der Waals surface area contributed by atoms with E-state index < -0.39 is 0 Å². The lowest BCUT2D eigenvalue weighted by Gasteiger charge is -2.20. The first-order chi connectivity index (χ1) is 9.19. The molecule has 2 N–H and O–H groups in total. The fraction of sp³-hybridized carbons (Fsp3) is 0.400. The second kappa shape index (κ2) is 5.89. The molecule has 0 aliphatic carbocycles. The highest BCUT2D eigenvalue weighted by Crippen LogP contribution is 2.26. The van der Waals surface area contributed by atoms with Crippen LogP contribution < -0.4 is 10.6 Å². The summed E-state index contributed by atoms with van der Waals surface area (Å²) in [4.78, 5) is 2.22. The first-order valence-corrected chi connectivity index (χ1v) is 6.74. The molecule has 0 bridgehead atoms. The fourth-order valence-corrected chi connectivity index (χ4v) is 2.28. The van der Waals surface area contributed by atoms with E-state index in [4.69, 9.17) is 5.73 Å². The zero-order valence-corrected chi connectivity index (χ0v) is 11.9. The average molecular weight is 258 g/mol. The number of para-hydroxylation sites is 1. The lowest BCUT2D eigenvalue weighted by Crippen LogP contribution is -2.21. The van der Waals surface area contributed by atoms with E-state index in [1.54, 1.807) is 0 Å². The normalized spacial score (nSPS) is 10.7. The van der Waals surface area contributed by atoms with Gasteiger partial charge >= 0.3 is 0 Å². The molecule has 0 unspecified atom stereocenters. The van der Waals surface area contributed by atoms with Crippen LogP contribution in [0.4, 0.5) is 5.82 Å². The lowest BCUT2D eigenvalue weighted by atomic mass is 10.1. The van der Waals surface area contributed by atoms with Crippen molar-refractivity contribution in [3.63, 3.8) is 0 Å². The highest BCUT2D eigenvalue weighted by molar-refractivity contribution is 5.55. The second-order valence-electron chi connectivity index (χ2n) is 4.69. The third-order valence-corrected chi connectivity index (χ3v) is 3.39. The van der Waals surface area contributed by atoms with Gasteiger partial charge in [0.1, 0.15) is 5.82 Å². The highest BCUT2D eigenvalue weighted by Gasteiger charge is 2.18. The number of anilines is 1. The molecule has 0 radical (unpaired) electrons. The molecule has 0 fully saturated rings. The van der Waals surface area contributed by atoms with Crippen molar-refractivity contribution in [3.05, 3.63) is 41.6 Å². The van der Waals surface area contributed by atoms with Gasteiger partial charge in [-0.25, -0.2) is 4.68 Å². The van der Waals surface area contributed by atoms with Crippen LogP contribution in [0.3, 0.4) is 0 Å². The molecule has 1 aromatic heterocycles. The zero-order chi connectivity index (χ0) is 13.8. The molecule has 0 saturated carbocycles. The number of aryl methyl sites for hydroxylation is 1. The minimum Gasteiger partial charge on any atom is -0.360 e. The number of nitrogens with zero attached hydrogens (tertiary/aromatic N) is 3. The van der Waals surface area contributed by atoms with Gasteiger partial charge in [-0.2, -0.15) is 5.10 Å². The second-order valence-corrected chi connectivity index (χ2v) is 4.69. The predicted octanol–water partition coefficient (Wildman–Crippen LogP) is 2.14. The van der Waals surface area contributed by atoms with Gasteiger partial charge in [-0.15, -0.1) is 0 Å². The Bertz CT molecular complexity index is 531. The Morgan fingerprint density at radius 2 is 1.95 bits per heavy atom. The molecule has 1 heterocycles. The smallest absolute Gasteiger partial charge is 0.135 e. The van der Waals surface area contributed by atoms with Gasteiger partial charge in [0, 0.05) is 19.2 Å². The molecule has 0 aliphatic rings. The van der Waals surface area contributed by atoms with Crippen molar-refractivity contribution >= 4 is 5.82 Å². The molecule has 1 aromatic carbocycles. The first kappa shape index (κ1) is 13.6. The summed E-state index contributed by atoms with van der Waals surface area (Å²) in [6, 6.07) is 10.2. The van der Waals surface area contributed by atoms with Crippen LogP contribution in [0.2, 0.25) is 0 Å². The molecule has 0 saturated heterocycles. The minimum absolute atomic E-state index is 0.645. The summed E-state index contributed by atoms with van der Waals surface area (Å²) in [5, 5.41) is 4.69. The van der Waals surface area contributed by atoms with E-state index >= 15 is 0 Å². The molecule has 2 aromatic rings. The van der Waals surface area contributed by atoms with E-state index in [1.165, 1.54) is 5.56 Å². The number of hydrogen-bond acceptors (Lipinski definition) is 3. The Kier molecular flexibility index (Phi) is 4.22. The van der Waals surface area contributed by atoms with Crippen molar-refractivity contribution in [2.45, 2.75) is 20.3 Å². The van der Waals surface area contributed by atoms with Gasteiger partial charge in [0.15, 0.2) is 0 Å². The predicted molar refractivity (Wildman–Crippen MR) is 80.0 cm³/mol. The van der Waals surface area contributed by atoms with Gasteiger partial charge in [-0.3, -0.25) is 0 Å². The summed E-state index contributed by atoms with van der Waals surface area (Å²) < 4.78 is 2.02. The van der Waals surface area contributed by atoms with Crippen LogP contribution >= 0.6 is 0 Å². The number of aromatic nitrogens is 2. The lowest BCUT2D eigenvalue weighted by molar-refractivity contribution is 0.815. The van der Waals surface area contributed by atoms with Crippen molar-refractivity contribution in [3.8, 4) is 5.69 Å². The molecule has 0 spiro atoms. The third kappa shape index (κ3) is 2.63. The van der Waals surface area contributed by atoms with Crippen molar-refractivity contribution in [2.75, 3.05) is 25.0 Å². The summed E-state index contributed by atoms with van der Waals surface area (Å²) >= 11 is 0. The topological polar surface area (TPSA) is 47.1 Å². The van der Waals surface area contributed by atoms with Gasteiger partial charge < -0.3 is 10.6 Å². The Morgan fingerprint density at radius 3 is 2.53 bits per heavy atom. The van der Waals surface area contributed by atoms with E-state index in [9.17, 15) is 0 Å². The van der Waals surface area contributed by atoms with Crippen molar-refractivity contribution in [1.29, 1.82) is 0 Å². The molecular weight excluding hydrogens is 236 g/mol. The third-order valence-electron chi connectivity index (χ3n) is 3.39. The minimum atomic E-state index is 0.645. The highest BCUT2D eigenvalue weighted by atomic mass is 15.4. The standard InChI is InChI=1S/C15H22N4/c1-4-18(3)15-14(10-11-16)12(2)17-19(15)13-8-6-5-7-9-13/h5-9H,4,10-11,16H2,1-3H3. The fourth-order valence-electron chi connectivity index (χ4n) is 2.28. The molecule has 0 aliphatic heterocycles. The molecular formula is C15H22N4. The summed E-state index contributed by atoms with van der Waals surface area (Å²) in [6.45, 7) is 5.78. The summed E-state index contributed by atoms with van der Waals surface area (Å²) in [7, 11) is 2.09. The van der Waals surface area contributed by atoms with Crippen LogP contribution in [0.25, 0.3) is 5.69 Å². The van der Waals surface area contributed by atoms with E-state index in [1.807, 2.05) is 22.9 Å². The number of rotatable bonds is 5. The summed E-state index contributed by atoms with van der Waals surface area (Å²) in [6.07, 6.45) is 0.859. The Morgan fingerprint density at radius 1 is 1.26 bits per heavy atom. The maximum atomic E-state index is 5.73. The van der Waals surface area contributed by atoms with Crippen LogP contribution in [0.15, 0.2) is 30.3 Å². The van der Waals surface area contributed by atoms with Gasteiger partial charge in [0.25, 0.3) is 0 Å². The van der Waals surface area contributed by atoms with Gasteiger partial charge in [-0.05, 0) is 38.9 Å². The van der Waals surface area contributed by atoms with E-state index in [2.05, 4.69) is 43.0 Å². The van der Waals surface area contributed by atoms with Gasteiger partial charge in [-0.1, -0.05) is 18.2 Å². The SMILES string of the molecule is CCN(C)c1c(CCN)c(C)nn1-c1ccccc1. The van der Waals surface area contributed by atoms with Crippen molar-refractivity contribution in [2.24, 2.45) is 5.73 Å². The van der Waals surface area contributed by atoms with Crippen LogP contribution in [0.5, 0.6) is 0 Å². The molecule has 0 atom stereocenters. The van der Waals surface area contributed by atoms with Crippen LogP contribution in [0.1, 0.15) is 18.2 Å². The monoisotopic (exact) mass is 258 g/mol. The van der Waals surface area contributed by atoms with Gasteiger partial charge in [0.05, 0.1) is 11.4 Å². The average Bonchev–Trinajstić information content (AvgIpc) is 2.77. The number of benzene rings is 1. The van der Waals surface area contributed by atoms with Crippen molar-refractivity contribution in [1.82, 2.24) is 9.78 Å². The zero-order valence-electron chi connectivity index (χ0n) is 11.9. The number of nitrogens with two attached hydrogens (primary N) is 1. The molecule has 4 heteroatoms. The molecule has 2 rings (SSSR count). The number of hydrogen-bond donors (Lipinski definition) is 1. The van der Waals surface area contributed by atoms with Crippen LogP contribution in [-0.4, -0.2) is 29.9 Å². The Balaban J connectivity index is 2.57. The van der Waals surface area contributed by atoms with Gasteiger partial charge in [0.2, 0.25) is 0 Å². The van der Waals surface area contributed by atoms with Crippen LogP contribution in [0, 0.1) is 6.92 Å².